The number of benzene rings is 4. The molecule has 0 saturated heterocycles. The summed E-state index contributed by atoms with van der Waals surface area (Å²) >= 11 is 0. The highest BCUT2D eigenvalue weighted by molar-refractivity contribution is 5.94. The summed E-state index contributed by atoms with van der Waals surface area (Å²) in [5.41, 5.74) is 7.51. The first-order valence-corrected chi connectivity index (χ1v) is 13.9. The average molecular weight is 541 g/mol. The van der Waals surface area contributed by atoms with Gasteiger partial charge >= 0.3 is 0 Å². The van der Waals surface area contributed by atoms with Gasteiger partial charge in [-0.3, -0.25) is 9.78 Å². The third-order valence-corrected chi connectivity index (χ3v) is 7.56. The molecule has 5 aromatic rings. The number of ether oxygens (including phenoxy) is 2. The summed E-state index contributed by atoms with van der Waals surface area (Å²) in [5, 5.41) is 0. The van der Waals surface area contributed by atoms with Gasteiger partial charge in [-0.05, 0) is 69.8 Å². The minimum Gasteiger partial charge on any atom is -0.493 e. The van der Waals surface area contributed by atoms with Gasteiger partial charge in [0.1, 0.15) is 6.10 Å². The number of hydrogen-bond acceptors (Lipinski definition) is 4. The highest BCUT2D eigenvalue weighted by Crippen LogP contribution is 2.33. The molecule has 1 amide bonds. The van der Waals surface area contributed by atoms with Gasteiger partial charge in [0.05, 0.1) is 7.11 Å². The molecular weight excluding hydrogens is 508 g/mol. The lowest BCUT2D eigenvalue weighted by molar-refractivity contribution is 0.0730. The van der Waals surface area contributed by atoms with Crippen LogP contribution in [0, 0.1) is 0 Å². The first-order chi connectivity index (χ1) is 20.2. The van der Waals surface area contributed by atoms with Gasteiger partial charge in [0.15, 0.2) is 11.5 Å². The van der Waals surface area contributed by atoms with Crippen LogP contribution in [-0.4, -0.2) is 29.0 Å². The minimum absolute atomic E-state index is 0.0376. The van der Waals surface area contributed by atoms with E-state index in [0.29, 0.717) is 24.4 Å². The fourth-order valence-corrected chi connectivity index (χ4v) is 5.44. The standard InChI is InChI=1S/C36H32N2O3/c1-40-35-21-27(11-16-34(35)41-33-22-31-9-5-6-10-32(31)23-33)25-38(24-26-17-19-37-20-18-26)36(39)30-14-12-29(13-15-30)28-7-3-2-4-8-28/h2-21,33H,22-25H2,1H3. The number of carbonyl (C=O) groups excluding carboxylic acids is 1. The van der Waals surface area contributed by atoms with Gasteiger partial charge in [0.2, 0.25) is 0 Å². The molecule has 0 spiro atoms. The molecule has 1 aromatic heterocycles. The molecular formula is C36H32N2O3. The van der Waals surface area contributed by atoms with Crippen molar-refractivity contribution in [3.8, 4) is 22.6 Å². The second-order valence-electron chi connectivity index (χ2n) is 10.4. The molecule has 1 aliphatic rings. The van der Waals surface area contributed by atoms with Gasteiger partial charge in [-0.25, -0.2) is 0 Å². The predicted octanol–water partition coefficient (Wildman–Crippen LogP) is 7.15. The molecule has 0 bridgehead atoms. The Balaban J connectivity index is 1.21. The van der Waals surface area contributed by atoms with E-state index >= 15 is 0 Å². The highest BCUT2D eigenvalue weighted by Gasteiger charge is 2.24. The van der Waals surface area contributed by atoms with Gasteiger partial charge < -0.3 is 14.4 Å². The Hall–Kier alpha value is -4.90. The molecule has 1 aliphatic carbocycles. The van der Waals surface area contributed by atoms with Crippen LogP contribution >= 0.6 is 0 Å². The Labute approximate surface area is 241 Å². The van der Waals surface area contributed by atoms with E-state index in [9.17, 15) is 4.79 Å². The number of fused-ring (bicyclic) bond motifs is 1. The lowest BCUT2D eigenvalue weighted by Crippen LogP contribution is -2.30. The quantitative estimate of drug-likeness (QED) is 0.199. The number of carbonyl (C=O) groups is 1. The van der Waals surface area contributed by atoms with Crippen molar-refractivity contribution in [2.45, 2.75) is 32.0 Å². The largest absolute Gasteiger partial charge is 0.493 e. The number of pyridine rings is 1. The van der Waals surface area contributed by atoms with E-state index in [1.807, 2.05) is 77.7 Å². The molecule has 0 fully saturated rings. The first-order valence-electron chi connectivity index (χ1n) is 13.9. The predicted molar refractivity (Wildman–Crippen MR) is 161 cm³/mol. The van der Waals surface area contributed by atoms with Crippen molar-refractivity contribution in [3.05, 3.63) is 149 Å². The zero-order valence-corrected chi connectivity index (χ0v) is 23.1. The number of amides is 1. The van der Waals surface area contributed by atoms with Crippen LogP contribution in [0.15, 0.2) is 122 Å². The molecule has 1 heterocycles. The van der Waals surface area contributed by atoms with E-state index in [-0.39, 0.29) is 12.0 Å². The summed E-state index contributed by atoms with van der Waals surface area (Å²) in [4.78, 5) is 19.8. The van der Waals surface area contributed by atoms with Crippen molar-refractivity contribution in [2.75, 3.05) is 7.11 Å². The zero-order valence-electron chi connectivity index (χ0n) is 23.1. The number of rotatable bonds is 9. The van der Waals surface area contributed by atoms with Crippen LogP contribution in [0.5, 0.6) is 11.5 Å². The average Bonchev–Trinajstić information content (AvgIpc) is 3.44. The van der Waals surface area contributed by atoms with E-state index < -0.39 is 0 Å². The number of nitrogens with zero attached hydrogens (tertiary/aromatic N) is 2. The molecule has 0 saturated carbocycles. The number of methoxy groups -OCH3 is 1. The monoisotopic (exact) mass is 540 g/mol. The van der Waals surface area contributed by atoms with Gasteiger partial charge in [0, 0.05) is 43.9 Å². The summed E-state index contributed by atoms with van der Waals surface area (Å²) in [6, 6.07) is 36.3. The third kappa shape index (κ3) is 6.15. The SMILES string of the molecule is COc1cc(CN(Cc2ccncc2)C(=O)c2ccc(-c3ccccc3)cc2)ccc1OC1Cc2ccccc2C1. The molecule has 41 heavy (non-hydrogen) atoms. The van der Waals surface area contributed by atoms with Crippen LogP contribution in [0.3, 0.4) is 0 Å². The van der Waals surface area contributed by atoms with Gasteiger partial charge in [0.25, 0.3) is 5.91 Å². The van der Waals surface area contributed by atoms with Crippen LogP contribution < -0.4 is 9.47 Å². The Morgan fingerprint density at radius 2 is 1.37 bits per heavy atom. The number of hydrogen-bond donors (Lipinski definition) is 0. The van der Waals surface area contributed by atoms with Gasteiger partial charge in [-0.2, -0.15) is 0 Å². The zero-order chi connectivity index (χ0) is 28.0. The lowest BCUT2D eigenvalue weighted by Gasteiger charge is -2.24. The smallest absolute Gasteiger partial charge is 0.254 e. The second-order valence-corrected chi connectivity index (χ2v) is 10.4. The molecule has 6 rings (SSSR count). The topological polar surface area (TPSA) is 51.7 Å². The van der Waals surface area contributed by atoms with E-state index in [0.717, 1.165) is 40.8 Å². The van der Waals surface area contributed by atoms with Crippen LogP contribution in [0.2, 0.25) is 0 Å². The fraction of sp³-hybridized carbons (Fsp3) is 0.167. The van der Waals surface area contributed by atoms with Crippen LogP contribution in [0.4, 0.5) is 0 Å². The summed E-state index contributed by atoms with van der Waals surface area (Å²) in [7, 11) is 1.66. The molecule has 5 nitrogen and oxygen atoms in total. The summed E-state index contributed by atoms with van der Waals surface area (Å²) in [6.07, 6.45) is 5.36. The Kier molecular flexibility index (Phi) is 7.76. The normalized spacial score (nSPS) is 12.5. The molecule has 0 unspecified atom stereocenters. The van der Waals surface area contributed by atoms with Crippen molar-refractivity contribution in [3.63, 3.8) is 0 Å². The molecule has 204 valence electrons. The van der Waals surface area contributed by atoms with Crippen LogP contribution in [-0.2, 0) is 25.9 Å². The van der Waals surface area contributed by atoms with Gasteiger partial charge in [-0.15, -0.1) is 0 Å². The van der Waals surface area contributed by atoms with Crippen molar-refractivity contribution < 1.29 is 14.3 Å². The Bertz CT molecular complexity index is 1590. The maximum absolute atomic E-state index is 13.8. The molecule has 0 atom stereocenters. The minimum atomic E-state index is -0.0376. The maximum Gasteiger partial charge on any atom is 0.254 e. The van der Waals surface area contributed by atoms with Gasteiger partial charge in [-0.1, -0.05) is 72.8 Å². The Morgan fingerprint density at radius 3 is 2.05 bits per heavy atom. The van der Waals surface area contributed by atoms with Crippen molar-refractivity contribution in [2.24, 2.45) is 0 Å². The van der Waals surface area contributed by atoms with E-state index in [1.165, 1.54) is 11.1 Å². The highest BCUT2D eigenvalue weighted by atomic mass is 16.5. The first kappa shape index (κ1) is 26.3. The van der Waals surface area contributed by atoms with E-state index in [4.69, 9.17) is 9.47 Å². The van der Waals surface area contributed by atoms with Crippen molar-refractivity contribution in [1.29, 1.82) is 0 Å². The van der Waals surface area contributed by atoms with Crippen LogP contribution in [0.1, 0.15) is 32.6 Å². The summed E-state index contributed by atoms with van der Waals surface area (Å²) < 4.78 is 12.1. The molecule has 0 radical (unpaired) electrons. The fourth-order valence-electron chi connectivity index (χ4n) is 5.44. The van der Waals surface area contributed by atoms with Crippen molar-refractivity contribution >= 4 is 5.91 Å². The summed E-state index contributed by atoms with van der Waals surface area (Å²) in [5.74, 6) is 1.35. The summed E-state index contributed by atoms with van der Waals surface area (Å²) in [6.45, 7) is 0.885. The molecule has 0 N–H and O–H groups in total. The second kappa shape index (κ2) is 12.1. The van der Waals surface area contributed by atoms with Crippen LogP contribution in [0.25, 0.3) is 11.1 Å². The Morgan fingerprint density at radius 1 is 0.732 bits per heavy atom. The lowest BCUT2D eigenvalue weighted by atomic mass is 10.0. The number of aromatic nitrogens is 1. The molecule has 4 aromatic carbocycles. The van der Waals surface area contributed by atoms with E-state index in [1.54, 1.807) is 19.5 Å². The van der Waals surface area contributed by atoms with Crippen molar-refractivity contribution in [1.82, 2.24) is 9.88 Å². The third-order valence-electron chi connectivity index (χ3n) is 7.56. The maximum atomic E-state index is 13.8. The molecule has 5 heteroatoms. The van der Waals surface area contributed by atoms with E-state index in [2.05, 4.69) is 41.4 Å². The molecule has 0 aliphatic heterocycles.